The highest BCUT2D eigenvalue weighted by molar-refractivity contribution is 6.04. The minimum Gasteiger partial charge on any atom is -0.360 e. The highest BCUT2D eigenvalue weighted by atomic mass is 19.1. The van der Waals surface area contributed by atoms with Crippen LogP contribution in [0.4, 0.5) is 26.2 Å². The van der Waals surface area contributed by atoms with Gasteiger partial charge in [-0.3, -0.25) is 4.79 Å². The monoisotopic (exact) mass is 331 g/mol. The molecule has 1 aromatic carbocycles. The first-order valence-electron chi connectivity index (χ1n) is 6.80. The molecule has 24 heavy (non-hydrogen) atoms. The van der Waals surface area contributed by atoms with Crippen molar-refractivity contribution in [1.29, 1.82) is 0 Å². The number of benzene rings is 1. The molecule has 0 saturated carbocycles. The van der Waals surface area contributed by atoms with Crippen LogP contribution in [0.2, 0.25) is 0 Å². The lowest BCUT2D eigenvalue weighted by atomic mass is 10.2. The van der Waals surface area contributed by atoms with Crippen molar-refractivity contribution in [2.75, 3.05) is 10.6 Å². The molecule has 0 spiro atoms. The summed E-state index contributed by atoms with van der Waals surface area (Å²) in [6, 6.07) is 4.94. The molecular weight excluding hydrogens is 320 g/mol. The summed E-state index contributed by atoms with van der Waals surface area (Å²) in [6.07, 6.45) is 2.44. The van der Waals surface area contributed by atoms with Gasteiger partial charge in [-0.25, -0.2) is 18.7 Å². The lowest BCUT2D eigenvalue weighted by molar-refractivity contribution is 0.102. The molecule has 0 radical (unpaired) electrons. The average molecular weight is 331 g/mol. The van der Waals surface area contributed by atoms with Gasteiger partial charge in [0.1, 0.15) is 23.1 Å². The molecule has 2 N–H and O–H groups in total. The van der Waals surface area contributed by atoms with Gasteiger partial charge < -0.3 is 15.2 Å². The summed E-state index contributed by atoms with van der Waals surface area (Å²) in [5, 5.41) is 8.65. The Hall–Kier alpha value is -3.36. The van der Waals surface area contributed by atoms with E-state index in [1.54, 1.807) is 13.0 Å². The van der Waals surface area contributed by atoms with Crippen molar-refractivity contribution in [2.24, 2.45) is 0 Å². The zero-order chi connectivity index (χ0) is 17.1. The fourth-order valence-electron chi connectivity index (χ4n) is 1.85. The predicted molar refractivity (Wildman–Crippen MR) is 80.9 cm³/mol. The maximum absolute atomic E-state index is 13.5. The van der Waals surface area contributed by atoms with Crippen LogP contribution in [0.15, 0.2) is 41.2 Å². The quantitative estimate of drug-likeness (QED) is 0.763. The molecule has 0 aliphatic rings. The zero-order valence-electron chi connectivity index (χ0n) is 12.4. The van der Waals surface area contributed by atoms with Crippen LogP contribution < -0.4 is 10.6 Å². The summed E-state index contributed by atoms with van der Waals surface area (Å²) in [5.41, 5.74) is -0.484. The minimum atomic E-state index is -0.871. The molecule has 3 rings (SSSR count). The third-order valence-electron chi connectivity index (χ3n) is 2.98. The van der Waals surface area contributed by atoms with E-state index in [1.807, 2.05) is 0 Å². The number of anilines is 3. The fraction of sp³-hybridized carbons (Fsp3) is 0.0667. The molecule has 0 bridgehead atoms. The third kappa shape index (κ3) is 3.35. The molecule has 9 heteroatoms. The van der Waals surface area contributed by atoms with E-state index >= 15 is 0 Å². The van der Waals surface area contributed by atoms with Crippen LogP contribution in [0.5, 0.6) is 0 Å². The number of carbonyl (C=O) groups is 1. The molecule has 2 heterocycles. The molecule has 0 aliphatic heterocycles. The summed E-state index contributed by atoms with van der Waals surface area (Å²) >= 11 is 0. The smallest absolute Gasteiger partial charge is 0.258 e. The predicted octanol–water partition coefficient (Wildman–Crippen LogP) is 3.05. The Bertz CT molecular complexity index is 860. The van der Waals surface area contributed by atoms with Gasteiger partial charge in [0, 0.05) is 18.5 Å². The molecule has 0 atom stereocenters. The largest absolute Gasteiger partial charge is 0.360 e. The van der Waals surface area contributed by atoms with Gasteiger partial charge in [-0.15, -0.1) is 0 Å². The molecule has 3 aromatic rings. The molecular formula is C15H11F2N5O2. The summed E-state index contributed by atoms with van der Waals surface area (Å²) < 4.78 is 31.9. The Morgan fingerprint density at radius 3 is 2.42 bits per heavy atom. The maximum Gasteiger partial charge on any atom is 0.258 e. The highest BCUT2D eigenvalue weighted by Gasteiger charge is 2.14. The van der Waals surface area contributed by atoms with E-state index in [0.29, 0.717) is 11.6 Å². The number of halogens is 2. The van der Waals surface area contributed by atoms with Gasteiger partial charge in [-0.1, -0.05) is 11.2 Å². The van der Waals surface area contributed by atoms with Crippen molar-refractivity contribution in [1.82, 2.24) is 15.1 Å². The second-order valence-electron chi connectivity index (χ2n) is 4.79. The van der Waals surface area contributed by atoms with Crippen molar-refractivity contribution < 1.29 is 18.1 Å². The molecule has 0 aliphatic carbocycles. The maximum atomic E-state index is 13.5. The first-order chi connectivity index (χ1) is 11.5. The standard InChI is InChI=1S/C15H11F2N5O2/c1-8-5-12(22-24-8)20-15-18-6-9(7-19-15)14(23)21-13-10(16)3-2-4-11(13)17/h2-7H,1H3,(H,21,23)(H,18,19,20,22). The number of aromatic nitrogens is 3. The minimum absolute atomic E-state index is 0.0412. The van der Waals surface area contributed by atoms with Gasteiger partial charge >= 0.3 is 0 Å². The molecule has 122 valence electrons. The Morgan fingerprint density at radius 2 is 1.83 bits per heavy atom. The molecule has 0 unspecified atom stereocenters. The lowest BCUT2D eigenvalue weighted by Crippen LogP contribution is -2.15. The van der Waals surface area contributed by atoms with Crippen molar-refractivity contribution in [3.63, 3.8) is 0 Å². The fourth-order valence-corrected chi connectivity index (χ4v) is 1.85. The van der Waals surface area contributed by atoms with Crippen LogP contribution in [0.25, 0.3) is 0 Å². The van der Waals surface area contributed by atoms with Gasteiger partial charge in [0.25, 0.3) is 5.91 Å². The van der Waals surface area contributed by atoms with Crippen molar-refractivity contribution >= 4 is 23.4 Å². The molecule has 7 nitrogen and oxygen atoms in total. The zero-order valence-corrected chi connectivity index (χ0v) is 12.4. The van der Waals surface area contributed by atoms with Crippen LogP contribution in [0.3, 0.4) is 0 Å². The van der Waals surface area contributed by atoms with Crippen molar-refractivity contribution in [3.05, 3.63) is 59.6 Å². The van der Waals surface area contributed by atoms with Crippen molar-refractivity contribution in [2.45, 2.75) is 6.92 Å². The number of hydrogen-bond donors (Lipinski definition) is 2. The van der Waals surface area contributed by atoms with E-state index < -0.39 is 23.2 Å². The highest BCUT2D eigenvalue weighted by Crippen LogP contribution is 2.19. The summed E-state index contributed by atoms with van der Waals surface area (Å²) in [6.45, 7) is 1.73. The number of nitrogens with one attached hydrogen (secondary N) is 2. The van der Waals surface area contributed by atoms with E-state index in [0.717, 1.165) is 12.1 Å². The van der Waals surface area contributed by atoms with Gasteiger partial charge in [0.15, 0.2) is 5.82 Å². The molecule has 2 aromatic heterocycles. The topological polar surface area (TPSA) is 92.9 Å². The SMILES string of the molecule is Cc1cc(Nc2ncc(C(=O)Nc3c(F)cccc3F)cn2)no1. The van der Waals surface area contributed by atoms with E-state index in [-0.39, 0.29) is 11.5 Å². The summed E-state index contributed by atoms with van der Waals surface area (Å²) in [5.74, 6) is -1.26. The molecule has 0 fully saturated rings. The Balaban J connectivity index is 1.72. The van der Waals surface area contributed by atoms with E-state index in [2.05, 4.69) is 25.8 Å². The van der Waals surface area contributed by atoms with Crippen LogP contribution in [-0.4, -0.2) is 21.0 Å². The van der Waals surface area contributed by atoms with Gasteiger partial charge in [-0.2, -0.15) is 0 Å². The van der Waals surface area contributed by atoms with Crippen LogP contribution in [0.1, 0.15) is 16.1 Å². The number of rotatable bonds is 4. The Kier molecular flexibility index (Phi) is 4.15. The Morgan fingerprint density at radius 1 is 1.17 bits per heavy atom. The number of aryl methyl sites for hydroxylation is 1. The Labute approximate surface area is 134 Å². The third-order valence-corrected chi connectivity index (χ3v) is 2.98. The number of amides is 1. The van der Waals surface area contributed by atoms with Crippen LogP contribution in [0, 0.1) is 18.6 Å². The second-order valence-corrected chi connectivity index (χ2v) is 4.79. The number of hydrogen-bond acceptors (Lipinski definition) is 6. The number of para-hydroxylation sites is 1. The summed E-state index contributed by atoms with van der Waals surface area (Å²) in [4.78, 5) is 19.9. The van der Waals surface area contributed by atoms with Crippen LogP contribution >= 0.6 is 0 Å². The average Bonchev–Trinajstić information content (AvgIpc) is 2.96. The van der Waals surface area contributed by atoms with Gasteiger partial charge in [0.05, 0.1) is 5.56 Å². The lowest BCUT2D eigenvalue weighted by Gasteiger charge is -2.07. The summed E-state index contributed by atoms with van der Waals surface area (Å²) in [7, 11) is 0. The molecule has 0 saturated heterocycles. The van der Waals surface area contributed by atoms with E-state index in [1.165, 1.54) is 18.5 Å². The number of nitrogens with zero attached hydrogens (tertiary/aromatic N) is 3. The molecule has 1 amide bonds. The van der Waals surface area contributed by atoms with E-state index in [4.69, 9.17) is 4.52 Å². The van der Waals surface area contributed by atoms with E-state index in [9.17, 15) is 13.6 Å². The van der Waals surface area contributed by atoms with Gasteiger partial charge in [0.2, 0.25) is 5.95 Å². The first kappa shape index (κ1) is 15.5. The first-order valence-corrected chi connectivity index (χ1v) is 6.80. The van der Waals surface area contributed by atoms with Crippen LogP contribution in [-0.2, 0) is 0 Å². The number of carbonyl (C=O) groups excluding carboxylic acids is 1. The second kappa shape index (κ2) is 6.41. The van der Waals surface area contributed by atoms with Gasteiger partial charge in [-0.05, 0) is 19.1 Å². The normalized spacial score (nSPS) is 10.5. The van der Waals surface area contributed by atoms with Crippen molar-refractivity contribution in [3.8, 4) is 0 Å².